The van der Waals surface area contributed by atoms with Crippen LogP contribution in [0.15, 0.2) is 30.3 Å². The molecule has 0 saturated heterocycles. The highest BCUT2D eigenvalue weighted by atomic mass is 32.1. The van der Waals surface area contributed by atoms with Crippen LogP contribution in [0, 0.1) is 0 Å². The van der Waals surface area contributed by atoms with E-state index < -0.39 is 18.0 Å². The number of benzene rings is 1. The lowest BCUT2D eigenvalue weighted by molar-refractivity contribution is -0.140. The van der Waals surface area contributed by atoms with Crippen LogP contribution in [0.4, 0.5) is 5.69 Å². The van der Waals surface area contributed by atoms with Crippen LogP contribution in [0.25, 0.3) is 0 Å². The van der Waals surface area contributed by atoms with Gasteiger partial charge in [-0.05, 0) is 30.8 Å². The number of aliphatic carboxylic acids is 2. The van der Waals surface area contributed by atoms with Crippen LogP contribution in [0.5, 0.6) is 0 Å². The number of carbonyl (C=O) groups is 2. The van der Waals surface area contributed by atoms with Crippen molar-refractivity contribution in [2.24, 2.45) is 0 Å². The number of carboxylic acid groups (broad SMARTS) is 2. The first-order valence-corrected chi connectivity index (χ1v) is 5.97. The average molecular weight is 282 g/mol. The van der Waals surface area contributed by atoms with E-state index >= 15 is 0 Å². The summed E-state index contributed by atoms with van der Waals surface area (Å²) in [6.45, 7) is 0. The van der Waals surface area contributed by atoms with Gasteiger partial charge < -0.3 is 20.8 Å². The van der Waals surface area contributed by atoms with E-state index in [1.807, 2.05) is 18.2 Å². The van der Waals surface area contributed by atoms with Crippen molar-refractivity contribution in [2.75, 3.05) is 5.32 Å². The summed E-state index contributed by atoms with van der Waals surface area (Å²) < 4.78 is 0. The Kier molecular flexibility index (Phi) is 5.74. The van der Waals surface area contributed by atoms with Crippen LogP contribution in [0.2, 0.25) is 0 Å². The molecule has 0 spiro atoms. The molecule has 0 aliphatic heterocycles. The van der Waals surface area contributed by atoms with Crippen LogP contribution in [-0.2, 0) is 9.59 Å². The second kappa shape index (κ2) is 7.32. The number of anilines is 1. The Bertz CT molecular complexity index is 464. The number of hydrogen-bond donors (Lipinski definition) is 4. The van der Waals surface area contributed by atoms with Crippen LogP contribution >= 0.6 is 12.2 Å². The van der Waals surface area contributed by atoms with E-state index in [1.54, 1.807) is 12.1 Å². The number of thiocarbonyl (C=S) groups is 1. The van der Waals surface area contributed by atoms with Crippen molar-refractivity contribution in [1.29, 1.82) is 0 Å². The standard InChI is InChI=1S/C12H14N2O4S/c15-10(16)7-6-9(11(17)18)14-12(19)13-8-4-2-1-3-5-8/h1-5,9H,6-7H2,(H,15,16)(H,17,18)(H2,13,14,19)/t9-/m0/s1. The molecule has 0 bridgehead atoms. The molecular formula is C12H14N2O4S. The molecule has 6 nitrogen and oxygen atoms in total. The third kappa shape index (κ3) is 5.82. The van der Waals surface area contributed by atoms with E-state index in [0.29, 0.717) is 0 Å². The molecule has 0 radical (unpaired) electrons. The van der Waals surface area contributed by atoms with Gasteiger partial charge in [-0.3, -0.25) is 4.79 Å². The van der Waals surface area contributed by atoms with Gasteiger partial charge in [0.25, 0.3) is 0 Å². The predicted molar refractivity (Wildman–Crippen MR) is 74.1 cm³/mol. The van der Waals surface area contributed by atoms with Crippen LogP contribution in [0.3, 0.4) is 0 Å². The number of rotatable bonds is 6. The minimum atomic E-state index is -1.14. The molecule has 1 aromatic carbocycles. The molecule has 0 heterocycles. The molecule has 1 aromatic rings. The van der Waals surface area contributed by atoms with Gasteiger partial charge in [0.05, 0.1) is 0 Å². The largest absolute Gasteiger partial charge is 0.481 e. The van der Waals surface area contributed by atoms with Gasteiger partial charge in [-0.1, -0.05) is 18.2 Å². The zero-order valence-corrected chi connectivity index (χ0v) is 10.8. The molecule has 1 atom stereocenters. The summed E-state index contributed by atoms with van der Waals surface area (Å²) in [6, 6.07) is 7.99. The molecule has 102 valence electrons. The SMILES string of the molecule is O=C(O)CC[C@H](NC(=S)Nc1ccccc1)C(=O)O. The van der Waals surface area contributed by atoms with Crippen molar-refractivity contribution >= 4 is 35.0 Å². The first-order chi connectivity index (χ1) is 8.99. The zero-order valence-electron chi connectivity index (χ0n) is 10.00. The first-order valence-electron chi connectivity index (χ1n) is 5.56. The van der Waals surface area contributed by atoms with Crippen molar-refractivity contribution in [3.05, 3.63) is 30.3 Å². The monoisotopic (exact) mass is 282 g/mol. The summed E-state index contributed by atoms with van der Waals surface area (Å²) in [4.78, 5) is 21.4. The minimum Gasteiger partial charge on any atom is -0.481 e. The molecule has 0 aliphatic carbocycles. The molecule has 19 heavy (non-hydrogen) atoms. The Hall–Kier alpha value is -2.15. The first kappa shape index (κ1) is 14.9. The van der Waals surface area contributed by atoms with Crippen molar-refractivity contribution in [3.8, 4) is 0 Å². The predicted octanol–water partition coefficient (Wildman–Crippen LogP) is 1.29. The highest BCUT2D eigenvalue weighted by Gasteiger charge is 2.19. The maximum absolute atomic E-state index is 11.0. The Morgan fingerprint density at radius 2 is 1.84 bits per heavy atom. The second-order valence-electron chi connectivity index (χ2n) is 3.79. The minimum absolute atomic E-state index is 0.0404. The third-order valence-electron chi connectivity index (χ3n) is 2.28. The Balaban J connectivity index is 2.52. The number of para-hydroxylation sites is 1. The fourth-order valence-corrected chi connectivity index (χ4v) is 1.63. The van der Waals surface area contributed by atoms with E-state index in [9.17, 15) is 9.59 Å². The molecule has 0 unspecified atom stereocenters. The lowest BCUT2D eigenvalue weighted by atomic mass is 10.1. The summed E-state index contributed by atoms with van der Waals surface area (Å²) in [5.74, 6) is -2.19. The van der Waals surface area contributed by atoms with Crippen molar-refractivity contribution in [2.45, 2.75) is 18.9 Å². The molecule has 0 aliphatic rings. The molecule has 0 saturated carbocycles. The maximum atomic E-state index is 11.0. The van der Waals surface area contributed by atoms with Gasteiger partial charge in [0, 0.05) is 12.1 Å². The van der Waals surface area contributed by atoms with Gasteiger partial charge in [0.1, 0.15) is 6.04 Å². The van der Waals surface area contributed by atoms with E-state index in [4.69, 9.17) is 22.4 Å². The number of hydrogen-bond acceptors (Lipinski definition) is 3. The van der Waals surface area contributed by atoms with E-state index in [0.717, 1.165) is 5.69 Å². The van der Waals surface area contributed by atoms with Crippen LogP contribution in [0.1, 0.15) is 12.8 Å². The molecular weight excluding hydrogens is 268 g/mol. The van der Waals surface area contributed by atoms with Gasteiger partial charge >= 0.3 is 11.9 Å². The van der Waals surface area contributed by atoms with Crippen LogP contribution < -0.4 is 10.6 Å². The normalized spacial score (nSPS) is 11.4. The Labute approximate surface area is 115 Å². The summed E-state index contributed by atoms with van der Waals surface area (Å²) in [6.07, 6.45) is -0.279. The summed E-state index contributed by atoms with van der Waals surface area (Å²) >= 11 is 4.98. The quantitative estimate of drug-likeness (QED) is 0.583. The smallest absolute Gasteiger partial charge is 0.326 e. The second-order valence-corrected chi connectivity index (χ2v) is 4.20. The zero-order chi connectivity index (χ0) is 14.3. The number of carboxylic acids is 2. The molecule has 1 rings (SSSR count). The summed E-state index contributed by atoms with van der Waals surface area (Å²) in [5, 5.41) is 23.0. The summed E-state index contributed by atoms with van der Waals surface area (Å²) in [7, 11) is 0. The lowest BCUT2D eigenvalue weighted by Gasteiger charge is -2.16. The highest BCUT2D eigenvalue weighted by molar-refractivity contribution is 7.80. The lowest BCUT2D eigenvalue weighted by Crippen LogP contribution is -2.43. The molecule has 7 heteroatoms. The fraction of sp³-hybridized carbons (Fsp3) is 0.250. The summed E-state index contributed by atoms with van der Waals surface area (Å²) in [5.41, 5.74) is 0.724. The fourth-order valence-electron chi connectivity index (χ4n) is 1.37. The van der Waals surface area contributed by atoms with E-state index in [-0.39, 0.29) is 18.0 Å². The third-order valence-corrected chi connectivity index (χ3v) is 2.50. The van der Waals surface area contributed by atoms with Crippen LogP contribution in [-0.4, -0.2) is 33.3 Å². The molecule has 0 amide bonds. The van der Waals surface area contributed by atoms with E-state index in [2.05, 4.69) is 10.6 Å². The molecule has 0 fully saturated rings. The molecule has 0 aromatic heterocycles. The molecule has 4 N–H and O–H groups in total. The topological polar surface area (TPSA) is 98.7 Å². The van der Waals surface area contributed by atoms with E-state index in [1.165, 1.54) is 0 Å². The van der Waals surface area contributed by atoms with Crippen molar-refractivity contribution in [1.82, 2.24) is 5.32 Å². The van der Waals surface area contributed by atoms with Gasteiger partial charge in [-0.15, -0.1) is 0 Å². The maximum Gasteiger partial charge on any atom is 0.326 e. The van der Waals surface area contributed by atoms with Crippen molar-refractivity contribution < 1.29 is 19.8 Å². The highest BCUT2D eigenvalue weighted by Crippen LogP contribution is 2.05. The van der Waals surface area contributed by atoms with Gasteiger partial charge in [0.15, 0.2) is 5.11 Å². The van der Waals surface area contributed by atoms with Crippen molar-refractivity contribution in [3.63, 3.8) is 0 Å². The Morgan fingerprint density at radius 1 is 1.21 bits per heavy atom. The number of nitrogens with one attached hydrogen (secondary N) is 2. The van der Waals surface area contributed by atoms with Gasteiger partial charge in [-0.2, -0.15) is 0 Å². The van der Waals surface area contributed by atoms with Gasteiger partial charge in [0.2, 0.25) is 0 Å². The van der Waals surface area contributed by atoms with Gasteiger partial charge in [-0.25, -0.2) is 4.79 Å². The average Bonchev–Trinajstić information content (AvgIpc) is 2.35. The Morgan fingerprint density at radius 3 is 2.37 bits per heavy atom.